The minimum absolute atomic E-state index is 0.0643. The number of amides is 4. The molecule has 9 nitrogen and oxygen atoms in total. The third-order valence-electron chi connectivity index (χ3n) is 5.20. The lowest BCUT2D eigenvalue weighted by Crippen LogP contribution is -2.54. The molecule has 1 atom stereocenters. The maximum Gasteiger partial charge on any atom is 0.264 e. The van der Waals surface area contributed by atoms with Crippen molar-refractivity contribution < 1.29 is 29.1 Å². The fraction of sp³-hybridized carbons (Fsp3) is 0.476. The average molecular weight is 417 g/mol. The zero-order valence-electron chi connectivity index (χ0n) is 17.0. The van der Waals surface area contributed by atoms with Crippen LogP contribution in [0.2, 0.25) is 0 Å². The first-order valence-corrected chi connectivity index (χ1v) is 9.94. The third-order valence-corrected chi connectivity index (χ3v) is 5.20. The number of piperidine rings is 1. The highest BCUT2D eigenvalue weighted by Gasteiger charge is 2.47. The highest BCUT2D eigenvalue weighted by Crippen LogP contribution is 2.31. The molecule has 1 unspecified atom stereocenters. The van der Waals surface area contributed by atoms with Crippen molar-refractivity contribution in [2.45, 2.75) is 45.1 Å². The average Bonchev–Trinajstić information content (AvgIpc) is 2.92. The third kappa shape index (κ3) is 4.91. The number of aliphatic hydroxyl groups is 1. The van der Waals surface area contributed by atoms with Crippen LogP contribution in [0.4, 0.5) is 0 Å². The van der Waals surface area contributed by atoms with Gasteiger partial charge in [0.2, 0.25) is 11.8 Å². The minimum Gasteiger partial charge on any atom is -0.395 e. The van der Waals surface area contributed by atoms with E-state index < -0.39 is 29.7 Å². The minimum atomic E-state index is -1.01. The number of hydrogen-bond donors (Lipinski definition) is 3. The van der Waals surface area contributed by atoms with Crippen molar-refractivity contribution in [2.75, 3.05) is 13.2 Å². The summed E-state index contributed by atoms with van der Waals surface area (Å²) in [4.78, 5) is 59.3. The number of nitrogens with zero attached hydrogens (tertiary/aromatic N) is 1. The monoisotopic (exact) mass is 417 g/mol. The van der Waals surface area contributed by atoms with Gasteiger partial charge >= 0.3 is 0 Å². The molecule has 9 heteroatoms. The Morgan fingerprint density at radius 2 is 1.93 bits per heavy atom. The molecular formula is C21H27N3O6. The van der Waals surface area contributed by atoms with Crippen LogP contribution in [0.5, 0.6) is 0 Å². The Hall–Kier alpha value is -3.07. The highest BCUT2D eigenvalue weighted by atomic mass is 16.3. The first-order valence-electron chi connectivity index (χ1n) is 9.94. The summed E-state index contributed by atoms with van der Waals surface area (Å²) in [6, 6.07) is -1.01. The van der Waals surface area contributed by atoms with Crippen molar-refractivity contribution in [3.63, 3.8) is 0 Å². The van der Waals surface area contributed by atoms with E-state index in [0.29, 0.717) is 11.6 Å². The maximum absolute atomic E-state index is 12.8. The molecule has 30 heavy (non-hydrogen) atoms. The summed E-state index contributed by atoms with van der Waals surface area (Å²) in [6.07, 6.45) is 7.65. The lowest BCUT2D eigenvalue weighted by molar-refractivity contribution is -0.149. The molecule has 4 amide bonds. The number of carbonyl (C=O) groups is 5. The normalized spacial score (nSPS) is 24.7. The topological polar surface area (TPSA) is 133 Å². The number of allylic oxidation sites excluding steroid dienone is 2. The molecule has 3 aliphatic rings. The van der Waals surface area contributed by atoms with Crippen LogP contribution in [0.1, 0.15) is 39.0 Å². The Labute approximate surface area is 174 Å². The molecule has 3 N–H and O–H groups in total. The van der Waals surface area contributed by atoms with Crippen LogP contribution in [-0.4, -0.2) is 59.1 Å². The van der Waals surface area contributed by atoms with E-state index in [9.17, 15) is 24.0 Å². The van der Waals surface area contributed by atoms with Gasteiger partial charge in [0.15, 0.2) is 0 Å². The summed E-state index contributed by atoms with van der Waals surface area (Å²) in [7, 11) is 0. The van der Waals surface area contributed by atoms with E-state index in [1.54, 1.807) is 6.92 Å². The molecule has 162 valence electrons. The van der Waals surface area contributed by atoms with Crippen LogP contribution < -0.4 is 10.6 Å². The molecular weight excluding hydrogens is 390 g/mol. The quantitative estimate of drug-likeness (QED) is 0.317. The maximum atomic E-state index is 12.8. The Bertz CT molecular complexity index is 810. The van der Waals surface area contributed by atoms with Gasteiger partial charge in [0, 0.05) is 24.6 Å². The summed E-state index contributed by atoms with van der Waals surface area (Å²) in [5, 5.41) is 13.9. The molecule has 0 aromatic rings. The summed E-state index contributed by atoms with van der Waals surface area (Å²) >= 11 is 0. The van der Waals surface area contributed by atoms with E-state index in [0.717, 1.165) is 24.0 Å². The second kappa shape index (κ2) is 10.6. The van der Waals surface area contributed by atoms with Crippen molar-refractivity contribution in [1.29, 1.82) is 0 Å². The van der Waals surface area contributed by atoms with Gasteiger partial charge in [-0.15, -0.1) is 0 Å². The van der Waals surface area contributed by atoms with Crippen molar-refractivity contribution in [2.24, 2.45) is 5.92 Å². The first-order chi connectivity index (χ1) is 14.4. The van der Waals surface area contributed by atoms with Crippen LogP contribution in [0.25, 0.3) is 0 Å². The second-order valence-corrected chi connectivity index (χ2v) is 7.12. The van der Waals surface area contributed by atoms with Gasteiger partial charge < -0.3 is 15.2 Å². The zero-order valence-corrected chi connectivity index (χ0v) is 17.0. The number of carbonyl (C=O) groups excluding carboxylic acids is 5. The molecule has 2 heterocycles. The van der Waals surface area contributed by atoms with Crippen molar-refractivity contribution in [3.8, 4) is 0 Å². The van der Waals surface area contributed by atoms with Crippen LogP contribution in [0, 0.1) is 5.92 Å². The fourth-order valence-corrected chi connectivity index (χ4v) is 3.33. The molecule has 1 aliphatic carbocycles. The van der Waals surface area contributed by atoms with Crippen molar-refractivity contribution >= 4 is 29.9 Å². The van der Waals surface area contributed by atoms with Gasteiger partial charge in [-0.2, -0.15) is 0 Å². The van der Waals surface area contributed by atoms with Crippen LogP contribution >= 0.6 is 0 Å². The lowest BCUT2D eigenvalue weighted by Gasteiger charge is -2.27. The molecule has 3 fully saturated rings. The van der Waals surface area contributed by atoms with Crippen molar-refractivity contribution in [1.82, 2.24) is 15.5 Å². The predicted molar refractivity (Wildman–Crippen MR) is 107 cm³/mol. The Balaban J connectivity index is 0.000000456. The van der Waals surface area contributed by atoms with E-state index in [2.05, 4.69) is 17.2 Å². The highest BCUT2D eigenvalue weighted by molar-refractivity contribution is 6.26. The molecule has 1 saturated carbocycles. The molecule has 2 aliphatic heterocycles. The number of rotatable bonds is 6. The molecule has 0 aromatic carbocycles. The number of aliphatic hydroxyl groups excluding tert-OH is 1. The summed E-state index contributed by atoms with van der Waals surface area (Å²) in [5.41, 5.74) is 0.575. The van der Waals surface area contributed by atoms with Gasteiger partial charge in [-0.1, -0.05) is 19.1 Å². The molecule has 0 spiro atoms. The largest absolute Gasteiger partial charge is 0.395 e. The summed E-state index contributed by atoms with van der Waals surface area (Å²) in [5.74, 6) is -1.85. The van der Waals surface area contributed by atoms with E-state index in [4.69, 9.17) is 5.11 Å². The molecule has 0 radical (unpaired) electrons. The number of imide groups is 2. The van der Waals surface area contributed by atoms with E-state index >= 15 is 0 Å². The summed E-state index contributed by atoms with van der Waals surface area (Å²) in [6.45, 7) is 5.25. The number of nitrogens with one attached hydrogen (secondary N) is 2. The predicted octanol–water partition coefficient (Wildman–Crippen LogP) is 0.114. The number of hydrogen-bond acceptors (Lipinski definition) is 7. The van der Waals surface area contributed by atoms with Gasteiger partial charge in [0.05, 0.1) is 17.8 Å². The van der Waals surface area contributed by atoms with Crippen LogP contribution in [0.3, 0.4) is 0 Å². The van der Waals surface area contributed by atoms with Crippen LogP contribution in [0.15, 0.2) is 35.6 Å². The second-order valence-electron chi connectivity index (χ2n) is 7.12. The van der Waals surface area contributed by atoms with Gasteiger partial charge in [0.1, 0.15) is 12.3 Å². The zero-order chi connectivity index (χ0) is 22.3. The van der Waals surface area contributed by atoms with E-state index in [1.807, 2.05) is 0 Å². The van der Waals surface area contributed by atoms with E-state index in [-0.39, 0.29) is 37.1 Å². The van der Waals surface area contributed by atoms with Crippen molar-refractivity contribution in [3.05, 3.63) is 35.6 Å². The smallest absolute Gasteiger partial charge is 0.264 e. The Morgan fingerprint density at radius 3 is 2.37 bits per heavy atom. The van der Waals surface area contributed by atoms with Gasteiger partial charge in [-0.05, 0) is 32.3 Å². The first kappa shape index (κ1) is 23.2. The molecule has 2 saturated heterocycles. The van der Waals surface area contributed by atoms with Gasteiger partial charge in [0.25, 0.3) is 11.8 Å². The molecule has 0 aromatic heterocycles. The van der Waals surface area contributed by atoms with Gasteiger partial charge in [-0.3, -0.25) is 29.4 Å². The van der Waals surface area contributed by atoms with Crippen LogP contribution in [-0.2, 0) is 24.0 Å². The van der Waals surface area contributed by atoms with Gasteiger partial charge in [-0.25, -0.2) is 0 Å². The standard InChI is InChI=1S/C16H19N3O5.C5H8O/c1-3-9-13(10(4-2)17-7-8-20)16(24)19(15(9)23)11-5-6-12(21)18-14(11)22;6-4-5-2-1-3-5/h3-4,11,17,20H,2,5-8H2,1H3,(H,18,21,22);4-5H,1-3H2/b9-3+,13-10-;. The SMILES string of the molecule is C=C/C(NCCO)=C1/C(=O)N(C2CCC(=O)NC2=O)C(=O)/C1=C/C.O=CC1CCC1. The van der Waals surface area contributed by atoms with E-state index in [1.165, 1.54) is 18.6 Å². The summed E-state index contributed by atoms with van der Waals surface area (Å²) < 4.78 is 0. The Morgan fingerprint density at radius 1 is 1.23 bits per heavy atom. The fourth-order valence-electron chi connectivity index (χ4n) is 3.33. The number of aldehydes is 1. The molecule has 0 bridgehead atoms. The Kier molecular flexibility index (Phi) is 8.23. The number of likely N-dealkylation sites (tertiary alicyclic amines) is 1. The molecule has 3 rings (SSSR count). The lowest BCUT2D eigenvalue weighted by atomic mass is 9.87.